The van der Waals surface area contributed by atoms with Crippen molar-refractivity contribution in [2.45, 2.75) is 114 Å². The third-order valence-electron chi connectivity index (χ3n) is 10.0. The topological polar surface area (TPSA) is 146 Å². The Morgan fingerprint density at radius 3 is 2.19 bits per heavy atom. The van der Waals surface area contributed by atoms with Crippen LogP contribution in [0.1, 0.15) is 71.8 Å². The van der Waals surface area contributed by atoms with Gasteiger partial charge >= 0.3 is 12.1 Å². The minimum absolute atomic E-state index is 0.0573. The lowest BCUT2D eigenvalue weighted by molar-refractivity contribution is 0.0341. The Labute approximate surface area is 310 Å². The maximum Gasteiger partial charge on any atom is 0.407 e. The molecule has 0 aliphatic carbocycles. The van der Waals surface area contributed by atoms with Crippen molar-refractivity contribution in [3.8, 4) is 5.75 Å². The van der Waals surface area contributed by atoms with E-state index in [-0.39, 0.29) is 34.7 Å². The molecule has 3 aromatic rings. The fraction of sp³-hybridized carbons (Fsp3) is 0.487. The lowest BCUT2D eigenvalue weighted by Gasteiger charge is -2.42. The summed E-state index contributed by atoms with van der Waals surface area (Å²) in [6.45, 7) is 13.8. The number of hydrogen-bond donors (Lipinski definition) is 4. The van der Waals surface area contributed by atoms with Gasteiger partial charge < -0.3 is 24.9 Å². The summed E-state index contributed by atoms with van der Waals surface area (Å²) in [5.41, 5.74) is 1.76. The van der Waals surface area contributed by atoms with Crippen molar-refractivity contribution in [3.05, 3.63) is 84.4 Å². The number of ether oxygens (including phenoxy) is 1. The van der Waals surface area contributed by atoms with Crippen LogP contribution >= 0.6 is 0 Å². The number of urea groups is 1. The summed E-state index contributed by atoms with van der Waals surface area (Å²) in [4.78, 5) is 26.6. The number of rotatable bonds is 17. The van der Waals surface area contributed by atoms with Crippen molar-refractivity contribution in [2.24, 2.45) is 0 Å². The lowest BCUT2D eigenvalue weighted by atomic mass is 10.0. The van der Waals surface area contributed by atoms with Gasteiger partial charge in [0.1, 0.15) is 12.4 Å². The second kappa shape index (κ2) is 18.1. The second-order valence-electron chi connectivity index (χ2n) is 15.0. The molecule has 1 fully saturated rings. The molecule has 1 saturated heterocycles. The molecule has 0 spiro atoms. The Bertz CT molecular complexity index is 1700. The third-order valence-corrected chi connectivity index (χ3v) is 15.9. The number of carboxylic acid groups (broad SMARTS) is 1. The molecule has 4 rings (SSSR count). The Balaban J connectivity index is 1.38. The van der Waals surface area contributed by atoms with E-state index >= 15 is 0 Å². The summed E-state index contributed by atoms with van der Waals surface area (Å²) >= 11 is 0. The normalized spacial score (nSPS) is 17.0. The number of nitrogens with one attached hydrogen (secondary N) is 3. The van der Waals surface area contributed by atoms with Gasteiger partial charge in [-0.15, -0.1) is 0 Å². The van der Waals surface area contributed by atoms with E-state index in [1.165, 1.54) is 12.1 Å². The SMILES string of the molecule is CCCCCCNC(=O)Nc1ccc(S(=O)(=O)Nc2ccc(C[C@@H]3CC[C@H]([C@@H](COc4ccccc4)O[Si](C)(C)C(C)(C)C)N3C(=O)O)cc2)cc1. The molecule has 284 valence electrons. The van der Waals surface area contributed by atoms with Crippen LogP contribution in [0.25, 0.3) is 0 Å². The van der Waals surface area contributed by atoms with Crippen molar-refractivity contribution < 1.29 is 32.3 Å². The van der Waals surface area contributed by atoms with Crippen molar-refractivity contribution in [1.82, 2.24) is 10.2 Å². The van der Waals surface area contributed by atoms with Crippen LogP contribution in [0.2, 0.25) is 18.1 Å². The zero-order valence-electron chi connectivity index (χ0n) is 31.4. The number of anilines is 2. The molecule has 1 aliphatic heterocycles. The van der Waals surface area contributed by atoms with Gasteiger partial charge in [0.05, 0.1) is 17.0 Å². The van der Waals surface area contributed by atoms with Crippen molar-refractivity contribution >= 4 is 41.8 Å². The molecule has 13 heteroatoms. The lowest BCUT2D eigenvalue weighted by Crippen LogP contribution is -2.54. The van der Waals surface area contributed by atoms with Gasteiger partial charge in [0.2, 0.25) is 0 Å². The first-order valence-corrected chi connectivity index (χ1v) is 22.6. The summed E-state index contributed by atoms with van der Waals surface area (Å²) < 4.78 is 41.9. The molecule has 1 aliphatic rings. The first-order valence-electron chi connectivity index (χ1n) is 18.2. The average molecular weight is 753 g/mol. The van der Waals surface area contributed by atoms with Gasteiger partial charge in [0.15, 0.2) is 8.32 Å². The van der Waals surface area contributed by atoms with E-state index < -0.39 is 30.5 Å². The largest absolute Gasteiger partial charge is 0.491 e. The predicted molar refractivity (Wildman–Crippen MR) is 209 cm³/mol. The number of para-hydroxylation sites is 1. The van der Waals surface area contributed by atoms with E-state index in [1.54, 1.807) is 29.2 Å². The molecule has 0 radical (unpaired) electrons. The minimum Gasteiger partial charge on any atom is -0.491 e. The Morgan fingerprint density at radius 2 is 1.58 bits per heavy atom. The fourth-order valence-corrected chi connectivity index (χ4v) is 8.49. The first-order chi connectivity index (χ1) is 24.6. The highest BCUT2D eigenvalue weighted by molar-refractivity contribution is 7.92. The summed E-state index contributed by atoms with van der Waals surface area (Å²) in [5.74, 6) is 0.709. The number of unbranched alkanes of at least 4 members (excludes halogenated alkanes) is 3. The van der Waals surface area contributed by atoms with E-state index in [4.69, 9.17) is 9.16 Å². The highest BCUT2D eigenvalue weighted by Gasteiger charge is 2.46. The molecule has 11 nitrogen and oxygen atoms in total. The molecule has 3 amide bonds. The predicted octanol–water partition coefficient (Wildman–Crippen LogP) is 8.71. The van der Waals surface area contributed by atoms with Gasteiger partial charge in [-0.2, -0.15) is 0 Å². The van der Waals surface area contributed by atoms with E-state index in [0.29, 0.717) is 42.9 Å². The Hall–Kier alpha value is -4.07. The molecule has 0 aromatic heterocycles. The van der Waals surface area contributed by atoms with Crippen LogP contribution < -0.4 is 20.1 Å². The zero-order valence-corrected chi connectivity index (χ0v) is 33.2. The highest BCUT2D eigenvalue weighted by atomic mass is 32.2. The van der Waals surface area contributed by atoms with Crippen molar-refractivity contribution in [2.75, 3.05) is 23.2 Å². The summed E-state index contributed by atoms with van der Waals surface area (Å²) in [6.07, 6.45) is 4.57. The summed E-state index contributed by atoms with van der Waals surface area (Å²) in [5, 5.41) is 15.9. The van der Waals surface area contributed by atoms with Gasteiger partial charge in [-0.1, -0.05) is 77.3 Å². The van der Waals surface area contributed by atoms with Crippen LogP contribution in [0.4, 0.5) is 21.0 Å². The second-order valence-corrected chi connectivity index (χ2v) is 21.4. The standard InChI is InChI=1S/C39H56N4O7SSi/c1-7-8-9-13-26-40-37(44)41-30-20-23-34(24-21-30)51(47,48)42-31-18-16-29(17-19-31)27-32-22-25-35(43(32)38(45)46)36(50-52(5,6)39(2,3)4)28-49-33-14-11-10-12-15-33/h10-12,14-21,23-24,32,35-36,42H,7-9,13,22,25-28H2,1-6H3,(H,45,46)(H2,40,41,44)/t32-,35+,36+/m0/s1. The molecule has 0 unspecified atom stereocenters. The smallest absolute Gasteiger partial charge is 0.407 e. The van der Waals surface area contributed by atoms with Crippen LogP contribution in [0, 0.1) is 0 Å². The molecular formula is C39H56N4O7SSi. The first kappa shape index (κ1) is 40.7. The van der Waals surface area contributed by atoms with E-state index in [0.717, 1.165) is 31.2 Å². The third kappa shape index (κ3) is 11.5. The average Bonchev–Trinajstić information content (AvgIpc) is 3.51. The molecule has 3 aromatic carbocycles. The van der Waals surface area contributed by atoms with Crippen LogP contribution in [0.5, 0.6) is 5.75 Å². The number of likely N-dealkylation sites (tertiary alicyclic amines) is 1. The van der Waals surface area contributed by atoms with Crippen LogP contribution in [0.3, 0.4) is 0 Å². The molecule has 3 atom stereocenters. The number of amides is 3. The molecule has 0 saturated carbocycles. The molecular weight excluding hydrogens is 697 g/mol. The van der Waals surface area contributed by atoms with E-state index in [9.17, 15) is 23.1 Å². The molecule has 1 heterocycles. The number of benzene rings is 3. The van der Waals surface area contributed by atoms with Gasteiger partial charge in [-0.25, -0.2) is 18.0 Å². The van der Waals surface area contributed by atoms with Crippen LogP contribution in [0.15, 0.2) is 83.8 Å². The summed E-state index contributed by atoms with van der Waals surface area (Å²) in [7, 11) is -6.17. The monoisotopic (exact) mass is 752 g/mol. The maximum absolute atomic E-state index is 13.1. The van der Waals surface area contributed by atoms with Gasteiger partial charge in [-0.05, 0) is 97.9 Å². The number of sulfonamides is 1. The minimum atomic E-state index is -3.89. The van der Waals surface area contributed by atoms with Gasteiger partial charge in [0.25, 0.3) is 10.0 Å². The Morgan fingerprint density at radius 1 is 0.923 bits per heavy atom. The maximum atomic E-state index is 13.1. The molecule has 52 heavy (non-hydrogen) atoms. The van der Waals surface area contributed by atoms with Crippen LogP contribution in [-0.4, -0.2) is 70.2 Å². The van der Waals surface area contributed by atoms with Crippen molar-refractivity contribution in [1.29, 1.82) is 0 Å². The molecule has 0 bridgehead atoms. The Kier molecular flexibility index (Phi) is 14.2. The van der Waals surface area contributed by atoms with Crippen LogP contribution in [-0.2, 0) is 20.9 Å². The molecule has 4 N–H and O–H groups in total. The zero-order chi connectivity index (χ0) is 37.9. The summed E-state index contributed by atoms with van der Waals surface area (Å²) in [6, 6.07) is 21.5. The van der Waals surface area contributed by atoms with Gasteiger partial charge in [0, 0.05) is 24.0 Å². The quantitative estimate of drug-likeness (QED) is 0.0797. The van der Waals surface area contributed by atoms with Gasteiger partial charge in [-0.3, -0.25) is 9.62 Å². The number of hydrogen-bond acceptors (Lipinski definition) is 6. The van der Waals surface area contributed by atoms with Crippen molar-refractivity contribution in [3.63, 3.8) is 0 Å². The number of carbonyl (C=O) groups is 2. The van der Waals surface area contributed by atoms with E-state index in [2.05, 4.69) is 56.1 Å². The van der Waals surface area contributed by atoms with E-state index in [1.807, 2.05) is 42.5 Å². The fourth-order valence-electron chi connectivity index (χ4n) is 6.09. The highest BCUT2D eigenvalue weighted by Crippen LogP contribution is 2.40. The number of carbonyl (C=O) groups excluding carboxylic acids is 1. The number of nitrogens with zero attached hydrogens (tertiary/aromatic N) is 1.